The standard InChI is InChI=1S/C12H13BrN2O3/c13-10-7-8(3-5-14-10)12(18)15(9-1-2-9)6-4-11(16)17/h3,5,7,9H,1-2,4,6H2,(H,16,17). The smallest absolute Gasteiger partial charge is 0.305 e. The first-order chi connectivity index (χ1) is 8.58. The Labute approximate surface area is 113 Å². The van der Waals surface area contributed by atoms with Crippen molar-refractivity contribution < 1.29 is 14.7 Å². The minimum absolute atomic E-state index is 0.0194. The summed E-state index contributed by atoms with van der Waals surface area (Å²) in [5, 5.41) is 8.71. The van der Waals surface area contributed by atoms with Crippen molar-refractivity contribution in [3.8, 4) is 0 Å². The van der Waals surface area contributed by atoms with Crippen molar-refractivity contribution in [2.75, 3.05) is 6.54 Å². The van der Waals surface area contributed by atoms with Gasteiger partial charge in [-0.15, -0.1) is 0 Å². The molecular weight excluding hydrogens is 300 g/mol. The van der Waals surface area contributed by atoms with Crippen LogP contribution in [0, 0.1) is 0 Å². The Morgan fingerprint density at radius 2 is 2.22 bits per heavy atom. The predicted octanol–water partition coefficient (Wildman–Crippen LogP) is 1.92. The number of aliphatic carboxylic acids is 1. The quantitative estimate of drug-likeness (QED) is 0.843. The number of hydrogen-bond donors (Lipinski definition) is 1. The topological polar surface area (TPSA) is 70.5 Å². The van der Waals surface area contributed by atoms with Gasteiger partial charge in [-0.2, -0.15) is 0 Å². The fourth-order valence-electron chi connectivity index (χ4n) is 1.75. The fraction of sp³-hybridized carbons (Fsp3) is 0.417. The molecule has 96 valence electrons. The number of rotatable bonds is 5. The van der Waals surface area contributed by atoms with E-state index in [-0.39, 0.29) is 24.9 Å². The van der Waals surface area contributed by atoms with Gasteiger partial charge in [0.25, 0.3) is 5.91 Å². The van der Waals surface area contributed by atoms with Gasteiger partial charge >= 0.3 is 5.97 Å². The Kier molecular flexibility index (Phi) is 3.96. The molecule has 1 aromatic heterocycles. The minimum atomic E-state index is -0.885. The van der Waals surface area contributed by atoms with Crippen molar-refractivity contribution in [3.63, 3.8) is 0 Å². The van der Waals surface area contributed by atoms with E-state index in [0.717, 1.165) is 12.8 Å². The summed E-state index contributed by atoms with van der Waals surface area (Å²) >= 11 is 3.22. The van der Waals surface area contributed by atoms with Gasteiger partial charge < -0.3 is 10.0 Å². The zero-order valence-corrected chi connectivity index (χ0v) is 11.3. The molecule has 0 aliphatic heterocycles. The number of carbonyl (C=O) groups excluding carboxylic acids is 1. The van der Waals surface area contributed by atoms with Crippen LogP contribution >= 0.6 is 15.9 Å². The number of aromatic nitrogens is 1. The van der Waals surface area contributed by atoms with E-state index < -0.39 is 5.97 Å². The molecule has 0 unspecified atom stereocenters. The van der Waals surface area contributed by atoms with Crippen LogP contribution in [0.15, 0.2) is 22.9 Å². The van der Waals surface area contributed by atoms with Crippen molar-refractivity contribution in [2.45, 2.75) is 25.3 Å². The number of pyridine rings is 1. The molecule has 2 rings (SSSR count). The second kappa shape index (κ2) is 5.48. The summed E-state index contributed by atoms with van der Waals surface area (Å²) in [5.41, 5.74) is 0.536. The Morgan fingerprint density at radius 1 is 1.50 bits per heavy atom. The molecule has 0 bridgehead atoms. The van der Waals surface area contributed by atoms with E-state index >= 15 is 0 Å². The number of carbonyl (C=O) groups is 2. The van der Waals surface area contributed by atoms with E-state index in [9.17, 15) is 9.59 Å². The van der Waals surface area contributed by atoms with E-state index in [1.807, 2.05) is 0 Å². The Balaban J connectivity index is 2.10. The number of carboxylic acids is 1. The summed E-state index contributed by atoms with van der Waals surface area (Å²) in [5.74, 6) is -1.01. The SMILES string of the molecule is O=C(O)CCN(C(=O)c1ccnc(Br)c1)C1CC1. The van der Waals surface area contributed by atoms with E-state index in [2.05, 4.69) is 20.9 Å². The minimum Gasteiger partial charge on any atom is -0.481 e. The van der Waals surface area contributed by atoms with Crippen LogP contribution in [-0.2, 0) is 4.79 Å². The first kappa shape index (κ1) is 13.0. The molecule has 1 aromatic rings. The average Bonchev–Trinajstić information content (AvgIpc) is 3.13. The molecule has 6 heteroatoms. The predicted molar refractivity (Wildman–Crippen MR) is 68.2 cm³/mol. The van der Waals surface area contributed by atoms with Gasteiger partial charge in [0.2, 0.25) is 0 Å². The van der Waals surface area contributed by atoms with Crippen molar-refractivity contribution >= 4 is 27.8 Å². The molecule has 0 atom stereocenters. The average molecular weight is 313 g/mol. The molecule has 1 aliphatic rings. The second-order valence-corrected chi connectivity index (χ2v) is 5.05. The molecule has 0 saturated heterocycles. The van der Waals surface area contributed by atoms with E-state index in [0.29, 0.717) is 10.2 Å². The van der Waals surface area contributed by atoms with Gasteiger partial charge in [-0.05, 0) is 40.9 Å². The van der Waals surface area contributed by atoms with Crippen molar-refractivity contribution in [2.24, 2.45) is 0 Å². The highest BCUT2D eigenvalue weighted by Gasteiger charge is 2.33. The Morgan fingerprint density at radius 3 is 2.78 bits per heavy atom. The Bertz CT molecular complexity index is 474. The van der Waals surface area contributed by atoms with Crippen LogP contribution in [-0.4, -0.2) is 39.5 Å². The van der Waals surface area contributed by atoms with Gasteiger partial charge in [0, 0.05) is 24.3 Å². The molecular formula is C12H13BrN2O3. The third-order valence-corrected chi connectivity index (χ3v) is 3.22. The number of carboxylic acid groups (broad SMARTS) is 1. The summed E-state index contributed by atoms with van der Waals surface area (Å²) in [4.78, 5) is 28.5. The highest BCUT2D eigenvalue weighted by molar-refractivity contribution is 9.10. The zero-order valence-electron chi connectivity index (χ0n) is 9.67. The van der Waals surface area contributed by atoms with E-state index in [1.54, 1.807) is 23.2 Å². The van der Waals surface area contributed by atoms with Gasteiger partial charge in [-0.1, -0.05) is 0 Å². The third kappa shape index (κ3) is 3.29. The summed E-state index contributed by atoms with van der Waals surface area (Å²) in [6.45, 7) is 0.263. The van der Waals surface area contributed by atoms with E-state index in [4.69, 9.17) is 5.11 Å². The number of hydrogen-bond acceptors (Lipinski definition) is 3. The summed E-state index contributed by atoms with van der Waals surface area (Å²) in [6, 6.07) is 3.49. The first-order valence-corrected chi connectivity index (χ1v) is 6.51. The third-order valence-electron chi connectivity index (χ3n) is 2.79. The van der Waals surface area contributed by atoms with Crippen LogP contribution in [0.3, 0.4) is 0 Å². The van der Waals surface area contributed by atoms with Gasteiger partial charge in [-0.25, -0.2) is 4.98 Å². The largest absolute Gasteiger partial charge is 0.481 e. The molecule has 18 heavy (non-hydrogen) atoms. The van der Waals surface area contributed by atoms with E-state index in [1.165, 1.54) is 0 Å². The van der Waals surface area contributed by atoms with Crippen LogP contribution in [0.4, 0.5) is 0 Å². The summed E-state index contributed by atoms with van der Waals surface area (Å²) in [7, 11) is 0. The van der Waals surface area contributed by atoms with Gasteiger partial charge in [0.05, 0.1) is 6.42 Å². The maximum Gasteiger partial charge on any atom is 0.305 e. The fourth-order valence-corrected chi connectivity index (χ4v) is 2.12. The van der Waals surface area contributed by atoms with Gasteiger partial charge in [0.15, 0.2) is 0 Å². The maximum absolute atomic E-state index is 12.3. The lowest BCUT2D eigenvalue weighted by molar-refractivity contribution is -0.137. The summed E-state index contributed by atoms with van der Waals surface area (Å²) in [6.07, 6.45) is 3.45. The van der Waals surface area contributed by atoms with Crippen LogP contribution < -0.4 is 0 Å². The molecule has 0 aromatic carbocycles. The molecule has 1 amide bonds. The normalized spacial score (nSPS) is 14.3. The summed E-state index contributed by atoms with van der Waals surface area (Å²) < 4.78 is 0.599. The molecule has 1 N–H and O–H groups in total. The number of halogens is 1. The highest BCUT2D eigenvalue weighted by atomic mass is 79.9. The second-order valence-electron chi connectivity index (χ2n) is 4.24. The highest BCUT2D eigenvalue weighted by Crippen LogP contribution is 2.28. The molecule has 1 fully saturated rings. The van der Waals surface area contributed by atoms with Gasteiger partial charge in [0.1, 0.15) is 4.60 Å². The van der Waals surface area contributed by atoms with Crippen LogP contribution in [0.1, 0.15) is 29.6 Å². The molecule has 1 heterocycles. The van der Waals surface area contributed by atoms with Crippen molar-refractivity contribution in [1.29, 1.82) is 0 Å². The lowest BCUT2D eigenvalue weighted by Crippen LogP contribution is -2.35. The lowest BCUT2D eigenvalue weighted by Gasteiger charge is -2.21. The molecule has 0 radical (unpaired) electrons. The molecule has 1 saturated carbocycles. The number of nitrogens with zero attached hydrogens (tertiary/aromatic N) is 2. The molecule has 5 nitrogen and oxygen atoms in total. The Hall–Kier alpha value is -1.43. The first-order valence-electron chi connectivity index (χ1n) is 5.72. The number of amides is 1. The van der Waals surface area contributed by atoms with Crippen LogP contribution in [0.5, 0.6) is 0 Å². The van der Waals surface area contributed by atoms with Crippen molar-refractivity contribution in [1.82, 2.24) is 9.88 Å². The molecule has 1 aliphatic carbocycles. The zero-order chi connectivity index (χ0) is 13.1. The van der Waals surface area contributed by atoms with Gasteiger partial charge in [-0.3, -0.25) is 9.59 Å². The molecule has 0 spiro atoms. The monoisotopic (exact) mass is 312 g/mol. The van der Waals surface area contributed by atoms with Crippen LogP contribution in [0.2, 0.25) is 0 Å². The van der Waals surface area contributed by atoms with Crippen molar-refractivity contribution in [3.05, 3.63) is 28.5 Å². The lowest BCUT2D eigenvalue weighted by atomic mass is 10.2. The maximum atomic E-state index is 12.3. The van der Waals surface area contributed by atoms with Crippen LogP contribution in [0.25, 0.3) is 0 Å².